The summed E-state index contributed by atoms with van der Waals surface area (Å²) in [6.07, 6.45) is 14.6. The van der Waals surface area contributed by atoms with Crippen molar-refractivity contribution >= 4 is 92.3 Å². The molecule has 0 bridgehead atoms. The maximum absolute atomic E-state index is 11.0. The van der Waals surface area contributed by atoms with Crippen LogP contribution in [-0.4, -0.2) is 39.9 Å². The first kappa shape index (κ1) is 33.9. The standard InChI is InChI=1S/C35H30N2O4S5/c1-35(2)20-24(7-6-10-31-37(14-16-44-23-34(40)41)28-19-26(42-3)11-12-30(28)45-31)17-25(21-35)18-32-36(13-15-43-22-33(38)39)27-8-4-5-9-29(27)46-32/h4-12,17-19H,20-23H2,1-3H3,(H-,38,39,40,41)/p+1. The van der Waals surface area contributed by atoms with Crippen molar-refractivity contribution in [3.63, 3.8) is 0 Å². The Hall–Kier alpha value is -3.45. The van der Waals surface area contributed by atoms with Crippen molar-refractivity contribution in [3.8, 4) is 22.6 Å². The highest BCUT2D eigenvalue weighted by atomic mass is 32.2. The molecule has 0 saturated heterocycles. The van der Waals surface area contributed by atoms with Crippen LogP contribution < -0.4 is 9.47 Å². The predicted octanol–water partition coefficient (Wildman–Crippen LogP) is 8.37. The van der Waals surface area contributed by atoms with Crippen LogP contribution in [0.5, 0.6) is 0 Å². The highest BCUT2D eigenvalue weighted by Gasteiger charge is 2.27. The first-order chi connectivity index (χ1) is 22.1. The maximum Gasteiger partial charge on any atom is 0.314 e. The van der Waals surface area contributed by atoms with E-state index in [0.29, 0.717) is 0 Å². The van der Waals surface area contributed by atoms with Crippen LogP contribution in [0.25, 0.3) is 16.3 Å². The lowest BCUT2D eigenvalue weighted by molar-refractivity contribution is -0.551. The Morgan fingerprint density at radius 1 is 1.07 bits per heavy atom. The third-order valence-electron chi connectivity index (χ3n) is 6.83. The summed E-state index contributed by atoms with van der Waals surface area (Å²) in [5.74, 6) is -1.90. The zero-order chi connectivity index (χ0) is 32.7. The Bertz CT molecular complexity index is 1930. The number of fused-ring (bicyclic) bond motifs is 2. The van der Waals surface area contributed by atoms with Crippen LogP contribution in [0.3, 0.4) is 0 Å². The molecule has 1 aliphatic heterocycles. The van der Waals surface area contributed by atoms with Crippen molar-refractivity contribution in [2.24, 2.45) is 5.41 Å². The molecule has 0 saturated carbocycles. The number of anilines is 1. The SMILES string of the molecule is CSc1ccc2c(c1)N(C#CSCC(=O)O)/C(=C/C=C/C1=CC(=C/c3sc4ccccc4[n+]3C#CSCC(=O)O)/CC(C)(C)C1)S2. The number of carbonyl (C=O) groups is 2. The predicted molar refractivity (Wildman–Crippen MR) is 196 cm³/mol. The van der Waals surface area contributed by atoms with Crippen molar-refractivity contribution in [3.05, 3.63) is 88.0 Å². The summed E-state index contributed by atoms with van der Waals surface area (Å²) in [7, 11) is 0. The molecule has 3 aromatic rings. The van der Waals surface area contributed by atoms with E-state index in [2.05, 4.69) is 91.1 Å². The monoisotopic (exact) mass is 703 g/mol. The molecule has 234 valence electrons. The van der Waals surface area contributed by atoms with Gasteiger partial charge in [0.2, 0.25) is 11.6 Å². The molecular formula is C35H31N2O4S5+. The van der Waals surface area contributed by atoms with Crippen LogP contribution in [0.1, 0.15) is 31.7 Å². The van der Waals surface area contributed by atoms with Crippen LogP contribution in [0, 0.1) is 28.0 Å². The third kappa shape index (κ3) is 8.87. The summed E-state index contributed by atoms with van der Waals surface area (Å²) in [5.41, 5.74) is 4.49. The normalized spacial score (nSPS) is 17.0. The number of rotatable bonds is 8. The second kappa shape index (κ2) is 15.4. The van der Waals surface area contributed by atoms with E-state index in [4.69, 9.17) is 10.2 Å². The fraction of sp³-hybridized carbons (Fsp3) is 0.229. The number of allylic oxidation sites excluding steroid dienone is 6. The Kier molecular flexibility index (Phi) is 11.4. The van der Waals surface area contributed by atoms with Gasteiger partial charge >= 0.3 is 11.9 Å². The molecular weight excluding hydrogens is 673 g/mol. The van der Waals surface area contributed by atoms with Crippen LogP contribution >= 0.6 is 58.4 Å². The lowest BCUT2D eigenvalue weighted by atomic mass is 9.75. The number of aliphatic carboxylic acids is 2. The largest absolute Gasteiger partial charge is 0.481 e. The lowest BCUT2D eigenvalue weighted by Gasteiger charge is -2.30. The molecule has 0 fully saturated rings. The van der Waals surface area contributed by atoms with E-state index in [-0.39, 0.29) is 16.9 Å². The van der Waals surface area contributed by atoms with Gasteiger partial charge in [-0.05, 0) is 71.3 Å². The summed E-state index contributed by atoms with van der Waals surface area (Å²) in [4.78, 5) is 26.1. The molecule has 0 spiro atoms. The first-order valence-corrected chi connectivity index (χ1v) is 19.0. The van der Waals surface area contributed by atoms with E-state index in [1.165, 1.54) is 11.1 Å². The number of carboxylic acids is 2. The smallest absolute Gasteiger partial charge is 0.314 e. The topological polar surface area (TPSA) is 81.7 Å². The minimum Gasteiger partial charge on any atom is -0.481 e. The summed E-state index contributed by atoms with van der Waals surface area (Å²) in [6.45, 7) is 4.56. The second-order valence-corrected chi connectivity index (χ2v) is 15.7. The Labute approximate surface area is 290 Å². The van der Waals surface area contributed by atoms with Gasteiger partial charge in [-0.2, -0.15) is 0 Å². The molecule has 2 aromatic carbocycles. The summed E-state index contributed by atoms with van der Waals surface area (Å²) < 4.78 is 3.07. The van der Waals surface area contributed by atoms with Crippen molar-refractivity contribution in [2.75, 3.05) is 22.7 Å². The average molecular weight is 704 g/mol. The van der Waals surface area contributed by atoms with Crippen LogP contribution in [0.4, 0.5) is 5.69 Å². The molecule has 2 N–H and O–H groups in total. The van der Waals surface area contributed by atoms with Gasteiger partial charge in [0, 0.05) is 33.2 Å². The molecule has 0 amide bonds. The molecule has 5 rings (SSSR count). The number of thiazole rings is 1. The van der Waals surface area contributed by atoms with E-state index >= 15 is 0 Å². The summed E-state index contributed by atoms with van der Waals surface area (Å²) in [6, 6.07) is 20.7. The zero-order valence-electron chi connectivity index (χ0n) is 25.4. The van der Waals surface area contributed by atoms with E-state index in [1.54, 1.807) is 34.9 Å². The molecule has 0 radical (unpaired) electrons. The minimum atomic E-state index is -0.888. The Morgan fingerprint density at radius 2 is 1.83 bits per heavy atom. The minimum absolute atomic E-state index is 0.0589. The second-order valence-electron chi connectivity index (χ2n) is 11.1. The number of hydrogen-bond donors (Lipinski definition) is 2. The highest BCUT2D eigenvalue weighted by Crippen LogP contribution is 2.47. The number of nitrogens with zero attached hydrogens (tertiary/aromatic N) is 2. The van der Waals surface area contributed by atoms with Gasteiger partial charge in [-0.1, -0.05) is 95.4 Å². The van der Waals surface area contributed by atoms with Gasteiger partial charge in [-0.15, -0.1) is 11.8 Å². The number of para-hydroxylation sites is 1. The van der Waals surface area contributed by atoms with E-state index in [1.807, 2.05) is 33.9 Å². The van der Waals surface area contributed by atoms with Gasteiger partial charge in [0.1, 0.15) is 16.2 Å². The molecule has 2 aliphatic rings. The molecule has 1 aromatic heterocycles. The van der Waals surface area contributed by atoms with Crippen molar-refractivity contribution in [2.45, 2.75) is 36.5 Å². The summed E-state index contributed by atoms with van der Waals surface area (Å²) in [5, 5.41) is 25.9. The van der Waals surface area contributed by atoms with E-state index in [0.717, 1.165) is 72.1 Å². The van der Waals surface area contributed by atoms with Gasteiger partial charge in [0.05, 0.1) is 10.7 Å². The molecule has 1 aliphatic carbocycles. The van der Waals surface area contributed by atoms with Crippen LogP contribution in [0.2, 0.25) is 0 Å². The average Bonchev–Trinajstić information content (AvgIpc) is 3.52. The molecule has 11 heteroatoms. The third-order valence-corrected chi connectivity index (χ3v) is 11.0. The van der Waals surface area contributed by atoms with Gasteiger partial charge in [0.15, 0.2) is 0 Å². The number of carboxylic acid groups (broad SMARTS) is 2. The van der Waals surface area contributed by atoms with Gasteiger partial charge in [-0.3, -0.25) is 14.5 Å². The number of aromatic nitrogens is 1. The van der Waals surface area contributed by atoms with Crippen molar-refractivity contribution in [1.82, 2.24) is 0 Å². The van der Waals surface area contributed by atoms with E-state index in [9.17, 15) is 9.59 Å². The first-order valence-electron chi connectivity index (χ1n) is 14.2. The van der Waals surface area contributed by atoms with Crippen molar-refractivity contribution in [1.29, 1.82) is 0 Å². The zero-order valence-corrected chi connectivity index (χ0v) is 29.5. The van der Waals surface area contributed by atoms with Crippen LogP contribution in [-0.2, 0) is 9.59 Å². The number of benzene rings is 2. The fourth-order valence-electron chi connectivity index (χ4n) is 5.07. The molecule has 0 unspecified atom stereocenters. The highest BCUT2D eigenvalue weighted by molar-refractivity contribution is 8.04. The number of hydrogen-bond acceptors (Lipinski definition) is 8. The Balaban J connectivity index is 1.44. The fourth-order valence-corrected chi connectivity index (χ4v) is 8.29. The Morgan fingerprint density at radius 3 is 2.59 bits per heavy atom. The maximum atomic E-state index is 11.0. The number of thioether (sulfide) groups is 4. The molecule has 2 heterocycles. The van der Waals surface area contributed by atoms with E-state index < -0.39 is 11.9 Å². The summed E-state index contributed by atoms with van der Waals surface area (Å²) >= 11 is 7.15. The quantitative estimate of drug-likeness (QED) is 0.137. The van der Waals surface area contributed by atoms with Gasteiger partial charge in [-0.25, -0.2) is 0 Å². The van der Waals surface area contributed by atoms with Gasteiger partial charge in [0.25, 0.3) is 5.01 Å². The lowest BCUT2D eigenvalue weighted by Crippen LogP contribution is -2.29. The molecule has 46 heavy (non-hydrogen) atoms. The van der Waals surface area contributed by atoms with Gasteiger partial charge < -0.3 is 10.2 Å². The molecule has 6 nitrogen and oxygen atoms in total. The van der Waals surface area contributed by atoms with Crippen molar-refractivity contribution < 1.29 is 24.4 Å². The van der Waals surface area contributed by atoms with Crippen LogP contribution in [0.15, 0.2) is 92.7 Å². The molecule has 0 atom stereocenters.